The monoisotopic (exact) mass is 265 g/mol. The van der Waals surface area contributed by atoms with E-state index < -0.39 is 0 Å². The second-order valence-electron chi connectivity index (χ2n) is 4.56. The third-order valence-electron chi connectivity index (χ3n) is 3.21. The van der Waals surface area contributed by atoms with Gasteiger partial charge < -0.3 is 20.3 Å². The highest BCUT2D eigenvalue weighted by Crippen LogP contribution is 2.26. The van der Waals surface area contributed by atoms with Gasteiger partial charge in [0.2, 0.25) is 11.8 Å². The first-order chi connectivity index (χ1) is 9.13. The van der Waals surface area contributed by atoms with Crippen LogP contribution in [0.25, 0.3) is 0 Å². The first-order valence-corrected chi connectivity index (χ1v) is 6.27. The first kappa shape index (κ1) is 13.4. The Morgan fingerprint density at radius 3 is 2.79 bits per heavy atom. The minimum absolute atomic E-state index is 0.0944. The molecule has 1 aliphatic heterocycles. The van der Waals surface area contributed by atoms with Crippen molar-refractivity contribution in [3.8, 4) is 5.88 Å². The van der Waals surface area contributed by atoms with Gasteiger partial charge in [-0.05, 0) is 12.8 Å². The van der Waals surface area contributed by atoms with Gasteiger partial charge in [-0.1, -0.05) is 0 Å². The van der Waals surface area contributed by atoms with Crippen molar-refractivity contribution in [1.82, 2.24) is 14.9 Å². The summed E-state index contributed by atoms with van der Waals surface area (Å²) in [6.45, 7) is 1.94. The van der Waals surface area contributed by atoms with E-state index in [1.54, 1.807) is 11.9 Å². The first-order valence-electron chi connectivity index (χ1n) is 6.27. The van der Waals surface area contributed by atoms with Gasteiger partial charge in [-0.2, -0.15) is 4.98 Å². The molecule has 1 amide bonds. The van der Waals surface area contributed by atoms with E-state index in [1.807, 2.05) is 4.90 Å². The Morgan fingerprint density at radius 1 is 1.47 bits per heavy atom. The summed E-state index contributed by atoms with van der Waals surface area (Å²) in [6, 6.07) is 0. The molecule has 19 heavy (non-hydrogen) atoms. The number of likely N-dealkylation sites (tertiary alicyclic amines) is 1. The van der Waals surface area contributed by atoms with Crippen molar-refractivity contribution in [3.05, 3.63) is 6.33 Å². The van der Waals surface area contributed by atoms with Crippen molar-refractivity contribution >= 4 is 17.4 Å². The number of methoxy groups -OCH3 is 1. The Hall–Kier alpha value is -2.05. The van der Waals surface area contributed by atoms with E-state index in [0.717, 1.165) is 25.9 Å². The molecule has 1 fully saturated rings. The van der Waals surface area contributed by atoms with Crippen LogP contribution in [0.5, 0.6) is 5.88 Å². The summed E-state index contributed by atoms with van der Waals surface area (Å²) in [5.74, 6) is 0.932. The van der Waals surface area contributed by atoms with E-state index in [0.29, 0.717) is 17.4 Å². The third-order valence-corrected chi connectivity index (χ3v) is 3.21. The zero-order valence-electron chi connectivity index (χ0n) is 11.3. The van der Waals surface area contributed by atoms with Crippen molar-refractivity contribution in [2.75, 3.05) is 44.4 Å². The van der Waals surface area contributed by atoms with Crippen molar-refractivity contribution in [2.45, 2.75) is 12.8 Å². The number of nitrogens with two attached hydrogens (primary N) is 1. The number of anilines is 2. The van der Waals surface area contributed by atoms with Crippen LogP contribution in [-0.4, -0.2) is 54.6 Å². The summed E-state index contributed by atoms with van der Waals surface area (Å²) in [6.07, 6.45) is 3.54. The Labute approximate surface area is 112 Å². The van der Waals surface area contributed by atoms with E-state index in [-0.39, 0.29) is 12.5 Å². The van der Waals surface area contributed by atoms with Gasteiger partial charge in [0.25, 0.3) is 0 Å². The van der Waals surface area contributed by atoms with E-state index in [1.165, 1.54) is 13.4 Å². The van der Waals surface area contributed by atoms with Crippen LogP contribution in [0.4, 0.5) is 11.5 Å². The third kappa shape index (κ3) is 2.86. The van der Waals surface area contributed by atoms with Gasteiger partial charge >= 0.3 is 0 Å². The number of amides is 1. The van der Waals surface area contributed by atoms with Gasteiger partial charge in [0, 0.05) is 20.1 Å². The molecule has 0 unspecified atom stereocenters. The van der Waals surface area contributed by atoms with Crippen LogP contribution in [0.2, 0.25) is 0 Å². The molecule has 104 valence electrons. The molecule has 0 spiro atoms. The molecule has 0 saturated carbocycles. The topological polar surface area (TPSA) is 84.6 Å². The largest absolute Gasteiger partial charge is 0.479 e. The van der Waals surface area contributed by atoms with Gasteiger partial charge in [-0.3, -0.25) is 4.79 Å². The van der Waals surface area contributed by atoms with E-state index >= 15 is 0 Å². The lowest BCUT2D eigenvalue weighted by Crippen LogP contribution is -2.37. The number of hydrogen-bond donors (Lipinski definition) is 1. The predicted octanol–water partition coefficient (Wildman–Crippen LogP) is 0.126. The number of ether oxygens (including phenoxy) is 1. The molecule has 0 aromatic carbocycles. The van der Waals surface area contributed by atoms with E-state index in [9.17, 15) is 4.79 Å². The van der Waals surface area contributed by atoms with Crippen LogP contribution in [-0.2, 0) is 4.79 Å². The summed E-state index contributed by atoms with van der Waals surface area (Å²) in [5.41, 5.74) is 6.26. The van der Waals surface area contributed by atoms with Gasteiger partial charge in [0.05, 0.1) is 13.7 Å². The minimum atomic E-state index is 0.0944. The molecule has 0 radical (unpaired) electrons. The van der Waals surface area contributed by atoms with Crippen LogP contribution in [0.3, 0.4) is 0 Å². The summed E-state index contributed by atoms with van der Waals surface area (Å²) in [4.78, 5) is 23.7. The Morgan fingerprint density at radius 2 is 2.16 bits per heavy atom. The number of aromatic nitrogens is 2. The number of likely N-dealkylation sites (N-methyl/N-ethyl adjacent to an activating group) is 1. The van der Waals surface area contributed by atoms with E-state index in [4.69, 9.17) is 10.5 Å². The highest BCUT2D eigenvalue weighted by Gasteiger charge is 2.21. The molecule has 1 saturated heterocycles. The van der Waals surface area contributed by atoms with Crippen LogP contribution in [0, 0.1) is 0 Å². The molecule has 0 aliphatic carbocycles. The van der Waals surface area contributed by atoms with Gasteiger partial charge in [-0.25, -0.2) is 4.98 Å². The molecule has 2 heterocycles. The SMILES string of the molecule is COc1ncnc(N(C)CC(=O)N2CCCC2)c1N. The lowest BCUT2D eigenvalue weighted by molar-refractivity contribution is -0.128. The maximum atomic E-state index is 12.1. The minimum Gasteiger partial charge on any atom is -0.479 e. The molecule has 0 bridgehead atoms. The number of hydrogen-bond acceptors (Lipinski definition) is 6. The Bertz CT molecular complexity index is 459. The normalized spacial score (nSPS) is 14.5. The molecule has 2 N–H and O–H groups in total. The number of nitrogens with zero attached hydrogens (tertiary/aromatic N) is 4. The maximum Gasteiger partial charge on any atom is 0.242 e. The zero-order valence-corrected chi connectivity index (χ0v) is 11.3. The highest BCUT2D eigenvalue weighted by molar-refractivity contribution is 5.82. The average Bonchev–Trinajstić information content (AvgIpc) is 2.92. The Kier molecular flexibility index (Phi) is 4.03. The molecule has 1 aromatic heterocycles. The molecule has 1 aliphatic rings. The lowest BCUT2D eigenvalue weighted by atomic mass is 10.4. The highest BCUT2D eigenvalue weighted by atomic mass is 16.5. The van der Waals surface area contributed by atoms with Crippen LogP contribution < -0.4 is 15.4 Å². The number of rotatable bonds is 4. The second kappa shape index (κ2) is 5.73. The Balaban J connectivity index is 2.07. The predicted molar refractivity (Wildman–Crippen MR) is 72.1 cm³/mol. The number of carbonyl (C=O) groups excluding carboxylic acids is 1. The van der Waals surface area contributed by atoms with Crippen LogP contribution >= 0.6 is 0 Å². The molecular formula is C12H19N5O2. The summed E-state index contributed by atoms with van der Waals surface area (Å²) < 4.78 is 5.04. The molecule has 0 atom stereocenters. The fraction of sp³-hybridized carbons (Fsp3) is 0.583. The standard InChI is InChI=1S/C12H19N5O2/c1-16(7-9(18)17-5-3-4-6-17)11-10(13)12(19-2)15-8-14-11/h8H,3-7,13H2,1-2H3. The number of nitrogen functional groups attached to an aromatic ring is 1. The number of carbonyl (C=O) groups is 1. The van der Waals surface area contributed by atoms with Crippen molar-refractivity contribution < 1.29 is 9.53 Å². The molecule has 2 rings (SSSR count). The fourth-order valence-electron chi connectivity index (χ4n) is 2.18. The average molecular weight is 265 g/mol. The second-order valence-corrected chi connectivity index (χ2v) is 4.56. The molecule has 7 nitrogen and oxygen atoms in total. The quantitative estimate of drug-likeness (QED) is 0.832. The van der Waals surface area contributed by atoms with Crippen molar-refractivity contribution in [2.24, 2.45) is 0 Å². The lowest BCUT2D eigenvalue weighted by Gasteiger charge is -2.23. The summed E-state index contributed by atoms with van der Waals surface area (Å²) in [5, 5.41) is 0. The smallest absolute Gasteiger partial charge is 0.242 e. The van der Waals surface area contributed by atoms with Crippen LogP contribution in [0.1, 0.15) is 12.8 Å². The van der Waals surface area contributed by atoms with Crippen LogP contribution in [0.15, 0.2) is 6.33 Å². The molecule has 1 aromatic rings. The molecule has 7 heteroatoms. The van der Waals surface area contributed by atoms with Gasteiger partial charge in [0.15, 0.2) is 5.82 Å². The van der Waals surface area contributed by atoms with Crippen molar-refractivity contribution in [1.29, 1.82) is 0 Å². The molecular weight excluding hydrogens is 246 g/mol. The van der Waals surface area contributed by atoms with Crippen molar-refractivity contribution in [3.63, 3.8) is 0 Å². The summed E-state index contributed by atoms with van der Waals surface area (Å²) >= 11 is 0. The van der Waals surface area contributed by atoms with E-state index in [2.05, 4.69) is 9.97 Å². The fourth-order valence-corrected chi connectivity index (χ4v) is 2.18. The summed E-state index contributed by atoms with van der Waals surface area (Å²) in [7, 11) is 3.28. The maximum absolute atomic E-state index is 12.1. The van der Waals surface area contributed by atoms with Gasteiger partial charge in [0.1, 0.15) is 12.0 Å². The van der Waals surface area contributed by atoms with Gasteiger partial charge in [-0.15, -0.1) is 0 Å². The zero-order chi connectivity index (χ0) is 13.8.